The smallest absolute Gasteiger partial charge is 0.320 e. The van der Waals surface area contributed by atoms with Gasteiger partial charge in [0.1, 0.15) is 15.9 Å². The molecule has 2 aromatic rings. The maximum atomic E-state index is 12.4. The molecule has 2 amide bonds. The fourth-order valence-corrected chi connectivity index (χ4v) is 4.34. The summed E-state index contributed by atoms with van der Waals surface area (Å²) >= 11 is 3.48. The Kier molecular flexibility index (Phi) is 3.44. The van der Waals surface area contributed by atoms with Crippen LogP contribution >= 0.6 is 15.9 Å². The molecular formula is C15H19BrN6O. The van der Waals surface area contributed by atoms with Gasteiger partial charge in [0, 0.05) is 44.5 Å². The van der Waals surface area contributed by atoms with Gasteiger partial charge in [0.15, 0.2) is 5.82 Å². The molecule has 8 heteroatoms. The minimum absolute atomic E-state index is 0.132. The number of amides is 2. The topological polar surface area (TPSA) is 79.8 Å². The standard InChI is InChI=1S/C15H19BrN6O/c1-20-6-4-10-3-2-9(8-22(10)15(20)23)14-19-12(16)11-13(17)18-5-7-21(11)14/h5,7,9-10H,2-4,6,8H2,1H3,(H2,17,18). The number of urea groups is 1. The second kappa shape index (κ2) is 5.36. The summed E-state index contributed by atoms with van der Waals surface area (Å²) in [7, 11) is 1.87. The predicted molar refractivity (Wildman–Crippen MR) is 90.2 cm³/mol. The van der Waals surface area contributed by atoms with Crippen LogP contribution in [0.25, 0.3) is 5.52 Å². The maximum absolute atomic E-state index is 12.4. The zero-order valence-electron chi connectivity index (χ0n) is 12.9. The number of piperidine rings is 1. The number of nitrogen functional groups attached to an aromatic ring is 1. The molecule has 0 radical (unpaired) electrons. The number of hydrogen-bond acceptors (Lipinski definition) is 4. The number of fused-ring (bicyclic) bond motifs is 2. The van der Waals surface area contributed by atoms with Crippen molar-refractivity contribution in [3.63, 3.8) is 0 Å². The molecule has 23 heavy (non-hydrogen) atoms. The maximum Gasteiger partial charge on any atom is 0.320 e. The summed E-state index contributed by atoms with van der Waals surface area (Å²) in [6.07, 6.45) is 6.68. The lowest BCUT2D eigenvalue weighted by Crippen LogP contribution is -2.56. The van der Waals surface area contributed by atoms with Crippen LogP contribution in [0.15, 0.2) is 17.0 Å². The summed E-state index contributed by atoms with van der Waals surface area (Å²) in [4.78, 5) is 25.1. The Bertz CT molecular complexity index is 775. The van der Waals surface area contributed by atoms with Crippen molar-refractivity contribution < 1.29 is 4.79 Å². The first-order valence-corrected chi connectivity index (χ1v) is 8.65. The Morgan fingerprint density at radius 1 is 1.35 bits per heavy atom. The van der Waals surface area contributed by atoms with E-state index in [9.17, 15) is 4.79 Å². The molecule has 2 fully saturated rings. The molecule has 0 aromatic carbocycles. The summed E-state index contributed by atoms with van der Waals surface area (Å²) in [5, 5.41) is 0. The Hall–Kier alpha value is -1.83. The molecular weight excluding hydrogens is 360 g/mol. The number of nitrogens with two attached hydrogens (primary N) is 1. The van der Waals surface area contributed by atoms with Crippen LogP contribution in [0.1, 0.15) is 31.0 Å². The van der Waals surface area contributed by atoms with Crippen molar-refractivity contribution in [3.05, 3.63) is 22.8 Å². The molecule has 2 aromatic heterocycles. The number of carbonyl (C=O) groups excluding carboxylic acids is 1. The molecule has 122 valence electrons. The predicted octanol–water partition coefficient (Wildman–Crippen LogP) is 2.08. The van der Waals surface area contributed by atoms with Gasteiger partial charge in [0.2, 0.25) is 0 Å². The van der Waals surface area contributed by atoms with E-state index in [0.717, 1.165) is 37.1 Å². The third-order valence-electron chi connectivity index (χ3n) is 5.01. The van der Waals surface area contributed by atoms with Crippen LogP contribution in [0.5, 0.6) is 0 Å². The molecule has 0 spiro atoms. The highest BCUT2D eigenvalue weighted by molar-refractivity contribution is 9.10. The Morgan fingerprint density at radius 2 is 2.17 bits per heavy atom. The fraction of sp³-hybridized carbons (Fsp3) is 0.533. The van der Waals surface area contributed by atoms with E-state index in [-0.39, 0.29) is 11.9 Å². The SMILES string of the molecule is CN1CCC2CCC(c3nc(Br)c4c(N)nccn34)CN2C1=O. The van der Waals surface area contributed by atoms with Gasteiger partial charge < -0.3 is 15.5 Å². The van der Waals surface area contributed by atoms with Gasteiger partial charge in [-0.25, -0.2) is 14.8 Å². The molecule has 2 atom stereocenters. The van der Waals surface area contributed by atoms with Crippen molar-refractivity contribution in [1.29, 1.82) is 0 Å². The summed E-state index contributed by atoms with van der Waals surface area (Å²) < 4.78 is 2.71. The van der Waals surface area contributed by atoms with Crippen LogP contribution in [0.3, 0.4) is 0 Å². The number of carbonyl (C=O) groups is 1. The van der Waals surface area contributed by atoms with Crippen molar-refractivity contribution in [3.8, 4) is 0 Å². The van der Waals surface area contributed by atoms with Crippen LogP contribution in [0.4, 0.5) is 10.6 Å². The average molecular weight is 379 g/mol. The monoisotopic (exact) mass is 378 g/mol. The van der Waals surface area contributed by atoms with E-state index in [0.29, 0.717) is 23.0 Å². The minimum Gasteiger partial charge on any atom is -0.382 e. The van der Waals surface area contributed by atoms with E-state index in [4.69, 9.17) is 5.73 Å². The van der Waals surface area contributed by atoms with Crippen LogP contribution in [0.2, 0.25) is 0 Å². The Balaban J connectivity index is 1.69. The van der Waals surface area contributed by atoms with Crippen molar-refractivity contribution in [2.45, 2.75) is 31.2 Å². The van der Waals surface area contributed by atoms with E-state index < -0.39 is 0 Å². The molecule has 2 aliphatic heterocycles. The van der Waals surface area contributed by atoms with Crippen molar-refractivity contribution >= 4 is 33.3 Å². The molecule has 2 aliphatic rings. The largest absolute Gasteiger partial charge is 0.382 e. The van der Waals surface area contributed by atoms with Crippen LogP contribution in [-0.4, -0.2) is 56.4 Å². The lowest BCUT2D eigenvalue weighted by atomic mass is 9.89. The minimum atomic E-state index is 0.132. The van der Waals surface area contributed by atoms with E-state index in [1.54, 1.807) is 11.1 Å². The number of anilines is 1. The molecule has 7 nitrogen and oxygen atoms in total. The fourth-order valence-electron chi connectivity index (χ4n) is 3.76. The molecule has 0 aliphatic carbocycles. The molecule has 2 saturated heterocycles. The summed E-state index contributed by atoms with van der Waals surface area (Å²) in [6.45, 7) is 1.56. The molecule has 2 N–H and O–H groups in total. The first-order valence-electron chi connectivity index (χ1n) is 7.86. The number of hydrogen-bond donors (Lipinski definition) is 1. The summed E-state index contributed by atoms with van der Waals surface area (Å²) in [6, 6.07) is 0.503. The zero-order chi connectivity index (χ0) is 16.1. The van der Waals surface area contributed by atoms with Crippen molar-refractivity contribution in [2.24, 2.45) is 0 Å². The van der Waals surface area contributed by atoms with E-state index in [1.807, 2.05) is 22.5 Å². The van der Waals surface area contributed by atoms with Gasteiger partial charge in [-0.05, 0) is 35.2 Å². The number of rotatable bonds is 1. The van der Waals surface area contributed by atoms with Gasteiger partial charge in [-0.1, -0.05) is 0 Å². The van der Waals surface area contributed by atoms with Gasteiger partial charge in [-0.2, -0.15) is 0 Å². The van der Waals surface area contributed by atoms with Gasteiger partial charge in [-0.3, -0.25) is 4.40 Å². The second-order valence-electron chi connectivity index (χ2n) is 6.37. The molecule has 0 bridgehead atoms. The number of imidazole rings is 1. The third kappa shape index (κ3) is 2.27. The van der Waals surface area contributed by atoms with Crippen molar-refractivity contribution in [2.75, 3.05) is 25.9 Å². The molecule has 4 heterocycles. The van der Waals surface area contributed by atoms with Crippen molar-refractivity contribution in [1.82, 2.24) is 24.2 Å². The van der Waals surface area contributed by atoms with Crippen LogP contribution in [-0.2, 0) is 0 Å². The quantitative estimate of drug-likeness (QED) is 0.823. The number of halogens is 1. The van der Waals surface area contributed by atoms with Gasteiger partial charge >= 0.3 is 6.03 Å². The normalized spacial score (nSPS) is 25.0. The summed E-state index contributed by atoms with van der Waals surface area (Å²) in [5.41, 5.74) is 6.77. The van der Waals surface area contributed by atoms with E-state index >= 15 is 0 Å². The Morgan fingerprint density at radius 3 is 3.00 bits per heavy atom. The highest BCUT2D eigenvalue weighted by atomic mass is 79.9. The Labute approximate surface area is 142 Å². The van der Waals surface area contributed by atoms with Crippen LogP contribution < -0.4 is 5.73 Å². The first kappa shape index (κ1) is 14.7. The van der Waals surface area contributed by atoms with E-state index in [1.165, 1.54) is 0 Å². The van der Waals surface area contributed by atoms with Crippen LogP contribution in [0, 0.1) is 0 Å². The molecule has 2 unspecified atom stereocenters. The molecule has 0 saturated carbocycles. The number of nitrogens with zero attached hydrogens (tertiary/aromatic N) is 5. The highest BCUT2D eigenvalue weighted by Gasteiger charge is 2.38. The zero-order valence-corrected chi connectivity index (χ0v) is 14.5. The van der Waals surface area contributed by atoms with Gasteiger partial charge in [0.25, 0.3) is 0 Å². The first-order chi connectivity index (χ1) is 11.1. The number of aromatic nitrogens is 3. The lowest BCUT2D eigenvalue weighted by molar-refractivity contribution is 0.0805. The molecule has 4 rings (SSSR count). The van der Waals surface area contributed by atoms with E-state index in [2.05, 4.69) is 25.9 Å². The van der Waals surface area contributed by atoms with Gasteiger partial charge in [-0.15, -0.1) is 0 Å². The summed E-state index contributed by atoms with van der Waals surface area (Å²) in [5.74, 6) is 1.61. The van der Waals surface area contributed by atoms with Gasteiger partial charge in [0.05, 0.1) is 0 Å². The average Bonchev–Trinajstić information content (AvgIpc) is 2.89. The second-order valence-corrected chi connectivity index (χ2v) is 7.12. The highest BCUT2D eigenvalue weighted by Crippen LogP contribution is 2.35. The third-order valence-corrected chi connectivity index (χ3v) is 5.56. The lowest BCUT2D eigenvalue weighted by Gasteiger charge is -2.45.